The molecule has 3 aromatic carbocycles. The van der Waals surface area contributed by atoms with Crippen molar-refractivity contribution in [2.24, 2.45) is 0 Å². The zero-order chi connectivity index (χ0) is 23.4. The summed E-state index contributed by atoms with van der Waals surface area (Å²) in [7, 11) is -2.20. The first-order valence-corrected chi connectivity index (χ1v) is 11.9. The fraction of sp³-hybridized carbons (Fsp3) is 0.208. The van der Waals surface area contributed by atoms with Gasteiger partial charge in [0.15, 0.2) is 0 Å². The molecule has 0 aromatic heterocycles. The zero-order valence-corrected chi connectivity index (χ0v) is 18.9. The van der Waals surface area contributed by atoms with Crippen LogP contribution in [-0.4, -0.2) is 52.0 Å². The summed E-state index contributed by atoms with van der Waals surface area (Å²) in [6, 6.07) is 20.2. The summed E-state index contributed by atoms with van der Waals surface area (Å²) in [6.45, 7) is 0.807. The van der Waals surface area contributed by atoms with Crippen LogP contribution in [-0.2, 0) is 14.8 Å². The third-order valence-electron chi connectivity index (χ3n) is 5.43. The van der Waals surface area contributed by atoms with Gasteiger partial charge in [0.1, 0.15) is 10.7 Å². The van der Waals surface area contributed by atoms with Gasteiger partial charge < -0.3 is 15.0 Å². The zero-order valence-electron chi connectivity index (χ0n) is 18.1. The van der Waals surface area contributed by atoms with Gasteiger partial charge in [-0.3, -0.25) is 4.79 Å². The quantitative estimate of drug-likeness (QED) is 0.593. The van der Waals surface area contributed by atoms with E-state index in [9.17, 15) is 17.6 Å². The SMILES string of the molecule is CN(c1ccccc1)c1ccccc1C(=O)Nc1ccc(F)c(S(=O)(=O)N2CCOCC2)c1. The van der Waals surface area contributed by atoms with E-state index in [2.05, 4.69) is 5.32 Å². The third kappa shape index (κ3) is 4.90. The van der Waals surface area contributed by atoms with E-state index in [0.717, 1.165) is 17.8 Å². The number of benzene rings is 3. The molecule has 3 aromatic rings. The monoisotopic (exact) mass is 469 g/mol. The predicted octanol–water partition coefficient (Wildman–Crippen LogP) is 3.87. The molecule has 0 saturated carbocycles. The molecular formula is C24H24FN3O4S. The molecule has 1 heterocycles. The van der Waals surface area contributed by atoms with Crippen molar-refractivity contribution in [3.8, 4) is 0 Å². The van der Waals surface area contributed by atoms with Crippen LogP contribution in [0.4, 0.5) is 21.5 Å². The van der Waals surface area contributed by atoms with E-state index in [0.29, 0.717) is 11.3 Å². The van der Waals surface area contributed by atoms with Crippen LogP contribution in [0.5, 0.6) is 0 Å². The number of nitrogens with one attached hydrogen (secondary N) is 1. The molecule has 0 radical (unpaired) electrons. The molecule has 4 rings (SSSR count). The number of halogens is 1. The maximum Gasteiger partial charge on any atom is 0.257 e. The maximum atomic E-state index is 14.5. The smallest absolute Gasteiger partial charge is 0.257 e. The number of carbonyl (C=O) groups excluding carboxylic acids is 1. The molecule has 0 atom stereocenters. The van der Waals surface area contributed by atoms with Gasteiger partial charge in [0.05, 0.1) is 24.5 Å². The van der Waals surface area contributed by atoms with Gasteiger partial charge in [-0.1, -0.05) is 30.3 Å². The van der Waals surface area contributed by atoms with Gasteiger partial charge in [0.2, 0.25) is 10.0 Å². The third-order valence-corrected chi connectivity index (χ3v) is 7.34. The molecular weight excluding hydrogens is 445 g/mol. The molecule has 0 spiro atoms. The van der Waals surface area contributed by atoms with Gasteiger partial charge in [-0.05, 0) is 42.5 Å². The Kier molecular flexibility index (Phi) is 6.73. The molecule has 0 bridgehead atoms. The number of anilines is 3. The average molecular weight is 470 g/mol. The first kappa shape index (κ1) is 22.9. The highest BCUT2D eigenvalue weighted by atomic mass is 32.2. The summed E-state index contributed by atoms with van der Waals surface area (Å²) in [5, 5.41) is 2.71. The molecule has 1 saturated heterocycles. The molecule has 1 aliphatic rings. The van der Waals surface area contributed by atoms with Crippen LogP contribution in [0.25, 0.3) is 0 Å². The van der Waals surface area contributed by atoms with Crippen molar-refractivity contribution >= 4 is 33.0 Å². The van der Waals surface area contributed by atoms with Gasteiger partial charge in [-0.15, -0.1) is 0 Å². The maximum absolute atomic E-state index is 14.5. The number of carbonyl (C=O) groups is 1. The number of hydrogen-bond acceptors (Lipinski definition) is 5. The van der Waals surface area contributed by atoms with E-state index < -0.39 is 26.6 Å². The first-order valence-electron chi connectivity index (χ1n) is 10.4. The van der Waals surface area contributed by atoms with E-state index in [1.165, 1.54) is 10.4 Å². The van der Waals surface area contributed by atoms with Crippen LogP contribution < -0.4 is 10.2 Å². The standard InChI is InChI=1S/C24H24FN3O4S/c1-27(19-7-3-2-4-8-19)22-10-6-5-9-20(22)24(29)26-18-11-12-21(25)23(17-18)33(30,31)28-13-15-32-16-14-28/h2-12,17H,13-16H2,1H3,(H,26,29). The number of rotatable bonds is 6. The van der Waals surface area contributed by atoms with Gasteiger partial charge in [-0.2, -0.15) is 4.31 Å². The minimum absolute atomic E-state index is 0.150. The molecule has 7 nitrogen and oxygen atoms in total. The largest absolute Gasteiger partial charge is 0.379 e. The molecule has 33 heavy (non-hydrogen) atoms. The summed E-state index contributed by atoms with van der Waals surface area (Å²) >= 11 is 0. The van der Waals surface area contributed by atoms with Crippen molar-refractivity contribution in [2.45, 2.75) is 4.90 Å². The topological polar surface area (TPSA) is 79.0 Å². The van der Waals surface area contributed by atoms with E-state index in [1.807, 2.05) is 54.4 Å². The predicted molar refractivity (Wildman–Crippen MR) is 125 cm³/mol. The minimum atomic E-state index is -4.05. The van der Waals surface area contributed by atoms with Crippen LogP contribution in [0.1, 0.15) is 10.4 Å². The van der Waals surface area contributed by atoms with Crippen molar-refractivity contribution in [3.63, 3.8) is 0 Å². The Morgan fingerprint density at radius 3 is 2.39 bits per heavy atom. The van der Waals surface area contributed by atoms with E-state index in [-0.39, 0.29) is 32.0 Å². The van der Waals surface area contributed by atoms with E-state index in [4.69, 9.17) is 4.74 Å². The average Bonchev–Trinajstić information content (AvgIpc) is 2.85. The molecule has 0 aliphatic carbocycles. The minimum Gasteiger partial charge on any atom is -0.379 e. The lowest BCUT2D eigenvalue weighted by Crippen LogP contribution is -2.40. The molecule has 1 aliphatic heterocycles. The Balaban J connectivity index is 1.61. The second-order valence-electron chi connectivity index (χ2n) is 7.53. The summed E-state index contributed by atoms with van der Waals surface area (Å²) in [5.41, 5.74) is 2.15. The normalized spacial score (nSPS) is 14.6. The highest BCUT2D eigenvalue weighted by molar-refractivity contribution is 7.89. The van der Waals surface area contributed by atoms with Crippen molar-refractivity contribution < 1.29 is 22.3 Å². The van der Waals surface area contributed by atoms with Gasteiger partial charge >= 0.3 is 0 Å². The van der Waals surface area contributed by atoms with Crippen molar-refractivity contribution in [1.29, 1.82) is 0 Å². The lowest BCUT2D eigenvalue weighted by atomic mass is 10.1. The molecule has 1 amide bonds. The number of hydrogen-bond donors (Lipinski definition) is 1. The van der Waals surface area contributed by atoms with Crippen LogP contribution in [0, 0.1) is 5.82 Å². The second kappa shape index (κ2) is 9.70. The Morgan fingerprint density at radius 1 is 1.00 bits per heavy atom. The van der Waals surface area contributed by atoms with Crippen LogP contribution >= 0.6 is 0 Å². The number of nitrogens with zero attached hydrogens (tertiary/aromatic N) is 2. The summed E-state index contributed by atoms with van der Waals surface area (Å²) < 4.78 is 46.7. The highest BCUT2D eigenvalue weighted by Gasteiger charge is 2.29. The van der Waals surface area contributed by atoms with Crippen LogP contribution in [0.3, 0.4) is 0 Å². The van der Waals surface area contributed by atoms with Gasteiger partial charge in [0.25, 0.3) is 5.91 Å². The Bertz CT molecular complexity index is 1250. The first-order chi connectivity index (χ1) is 15.9. The van der Waals surface area contributed by atoms with E-state index >= 15 is 0 Å². The lowest BCUT2D eigenvalue weighted by Gasteiger charge is -2.26. The van der Waals surface area contributed by atoms with Crippen LogP contribution in [0.15, 0.2) is 77.7 Å². The summed E-state index contributed by atoms with van der Waals surface area (Å²) in [5.74, 6) is -1.31. The van der Waals surface area contributed by atoms with Crippen molar-refractivity contribution in [1.82, 2.24) is 4.31 Å². The van der Waals surface area contributed by atoms with Crippen LogP contribution in [0.2, 0.25) is 0 Å². The van der Waals surface area contributed by atoms with E-state index in [1.54, 1.807) is 12.1 Å². The van der Waals surface area contributed by atoms with Crippen molar-refractivity contribution in [2.75, 3.05) is 43.6 Å². The Hall–Kier alpha value is -3.27. The Labute approximate surface area is 192 Å². The number of morpholine rings is 1. The second-order valence-corrected chi connectivity index (χ2v) is 9.43. The fourth-order valence-corrected chi connectivity index (χ4v) is 5.15. The number of para-hydroxylation sites is 2. The van der Waals surface area contributed by atoms with Gasteiger partial charge in [0, 0.05) is 31.5 Å². The number of sulfonamides is 1. The van der Waals surface area contributed by atoms with Crippen molar-refractivity contribution in [3.05, 3.63) is 84.2 Å². The Morgan fingerprint density at radius 2 is 1.67 bits per heavy atom. The molecule has 172 valence electrons. The lowest BCUT2D eigenvalue weighted by molar-refractivity contribution is 0.0729. The molecule has 0 unspecified atom stereocenters. The molecule has 9 heteroatoms. The summed E-state index contributed by atoms with van der Waals surface area (Å²) in [4.78, 5) is 14.5. The highest BCUT2D eigenvalue weighted by Crippen LogP contribution is 2.28. The number of ether oxygens (including phenoxy) is 1. The summed E-state index contributed by atoms with van der Waals surface area (Å²) in [6.07, 6.45) is 0. The fourth-order valence-electron chi connectivity index (χ4n) is 3.65. The molecule has 1 fully saturated rings. The van der Waals surface area contributed by atoms with Gasteiger partial charge in [-0.25, -0.2) is 12.8 Å². The number of amides is 1. The molecule has 1 N–H and O–H groups in total.